The molecule has 164 valence electrons. The number of hydrogen-bond acceptors (Lipinski definition) is 4. The molecule has 0 saturated carbocycles. The van der Waals surface area contributed by atoms with Gasteiger partial charge in [-0.1, -0.05) is 60.7 Å². The number of amides is 1. The van der Waals surface area contributed by atoms with Crippen molar-refractivity contribution in [2.45, 2.75) is 57.8 Å². The van der Waals surface area contributed by atoms with Crippen LogP contribution < -0.4 is 5.32 Å². The molecule has 0 bridgehead atoms. The van der Waals surface area contributed by atoms with Gasteiger partial charge in [0, 0.05) is 0 Å². The van der Waals surface area contributed by atoms with Gasteiger partial charge in [0.2, 0.25) is 0 Å². The standard InChI is InChI=1S/C26H31NO4/c1-26(2,3)31-25(29)27-22(16-20-12-8-5-9-13-20)23-17-21(24(18-28)30-23)15-14-19-10-6-4-7-11-19/h4-13,16,18,21,23-24H,14-15,17H2,1-3H3,(H,27,29)/t21-,23-,24+/m0/s1. The van der Waals surface area contributed by atoms with E-state index >= 15 is 0 Å². The van der Waals surface area contributed by atoms with Crippen LogP contribution in [0.15, 0.2) is 66.4 Å². The lowest BCUT2D eigenvalue weighted by atomic mass is 9.91. The molecule has 3 rings (SSSR count). The lowest BCUT2D eigenvalue weighted by Crippen LogP contribution is -2.35. The molecule has 0 aromatic heterocycles. The lowest BCUT2D eigenvalue weighted by molar-refractivity contribution is -0.118. The number of aldehydes is 1. The molecular formula is C26H31NO4. The summed E-state index contributed by atoms with van der Waals surface area (Å²) in [5.41, 5.74) is 2.17. The first kappa shape index (κ1) is 22.8. The molecule has 1 heterocycles. The van der Waals surface area contributed by atoms with Crippen LogP contribution in [0.2, 0.25) is 0 Å². The van der Waals surface area contributed by atoms with Gasteiger partial charge >= 0.3 is 6.09 Å². The zero-order chi connectivity index (χ0) is 22.3. The van der Waals surface area contributed by atoms with Crippen molar-refractivity contribution < 1.29 is 19.1 Å². The minimum atomic E-state index is -0.609. The first-order chi connectivity index (χ1) is 14.8. The largest absolute Gasteiger partial charge is 0.444 e. The van der Waals surface area contributed by atoms with Crippen LogP contribution in [0, 0.1) is 5.92 Å². The average molecular weight is 422 g/mol. The van der Waals surface area contributed by atoms with Crippen molar-refractivity contribution in [1.29, 1.82) is 0 Å². The molecule has 0 radical (unpaired) electrons. The molecule has 1 saturated heterocycles. The minimum Gasteiger partial charge on any atom is -0.444 e. The molecule has 3 atom stereocenters. The molecule has 2 aromatic carbocycles. The summed E-state index contributed by atoms with van der Waals surface area (Å²) in [6.07, 6.45) is 3.73. The number of nitrogens with one attached hydrogen (secondary N) is 1. The van der Waals surface area contributed by atoms with E-state index in [1.807, 2.05) is 75.4 Å². The summed E-state index contributed by atoms with van der Waals surface area (Å²) in [5.74, 6) is 0.0855. The number of hydrogen-bond donors (Lipinski definition) is 1. The van der Waals surface area contributed by atoms with Gasteiger partial charge in [0.05, 0.1) is 11.8 Å². The third-order valence-electron chi connectivity index (χ3n) is 5.20. The molecule has 1 aliphatic heterocycles. The van der Waals surface area contributed by atoms with Crippen LogP contribution in [0.5, 0.6) is 0 Å². The van der Waals surface area contributed by atoms with Crippen molar-refractivity contribution in [3.8, 4) is 0 Å². The molecule has 1 fully saturated rings. The highest BCUT2D eigenvalue weighted by Gasteiger charge is 2.37. The predicted octanol–water partition coefficient (Wildman–Crippen LogP) is 5.16. The highest BCUT2D eigenvalue weighted by atomic mass is 16.6. The Kier molecular flexibility index (Phi) is 7.64. The Morgan fingerprint density at radius 1 is 1.10 bits per heavy atom. The van der Waals surface area contributed by atoms with Crippen molar-refractivity contribution in [1.82, 2.24) is 5.32 Å². The number of alkyl carbamates (subject to hydrolysis) is 1. The van der Waals surface area contributed by atoms with Gasteiger partial charge < -0.3 is 14.3 Å². The maximum Gasteiger partial charge on any atom is 0.411 e. The van der Waals surface area contributed by atoms with E-state index in [2.05, 4.69) is 17.4 Å². The highest BCUT2D eigenvalue weighted by Crippen LogP contribution is 2.33. The molecule has 0 aliphatic carbocycles. The first-order valence-corrected chi connectivity index (χ1v) is 10.8. The Hall–Kier alpha value is -2.92. The van der Waals surface area contributed by atoms with Crippen LogP contribution in [-0.4, -0.2) is 30.2 Å². The summed E-state index contributed by atoms with van der Waals surface area (Å²) in [7, 11) is 0. The van der Waals surface area contributed by atoms with E-state index in [1.54, 1.807) is 0 Å². The second-order valence-electron chi connectivity index (χ2n) is 8.88. The van der Waals surface area contributed by atoms with Gasteiger partial charge in [-0.25, -0.2) is 4.79 Å². The number of benzene rings is 2. The van der Waals surface area contributed by atoms with Gasteiger partial charge in [0.15, 0.2) is 0 Å². The Morgan fingerprint density at radius 3 is 2.35 bits per heavy atom. The number of aryl methyl sites for hydroxylation is 1. The third-order valence-corrected chi connectivity index (χ3v) is 5.20. The minimum absolute atomic E-state index is 0.0855. The second-order valence-corrected chi connectivity index (χ2v) is 8.88. The van der Waals surface area contributed by atoms with Crippen LogP contribution in [0.4, 0.5) is 4.79 Å². The zero-order valence-corrected chi connectivity index (χ0v) is 18.4. The summed E-state index contributed by atoms with van der Waals surface area (Å²) >= 11 is 0. The monoisotopic (exact) mass is 421 g/mol. The average Bonchev–Trinajstić information content (AvgIpc) is 3.15. The number of ether oxygens (including phenoxy) is 2. The predicted molar refractivity (Wildman–Crippen MR) is 121 cm³/mol. The molecule has 5 heteroatoms. The van der Waals surface area contributed by atoms with Gasteiger partial charge in [0.1, 0.15) is 18.0 Å². The SMILES string of the molecule is CC(C)(C)OC(=O)NC(=Cc1ccccc1)[C@@H]1C[C@H](CCc2ccccc2)[C@@H](C=O)O1. The van der Waals surface area contributed by atoms with Crippen LogP contribution in [-0.2, 0) is 20.7 Å². The van der Waals surface area contributed by atoms with Crippen LogP contribution in [0.1, 0.15) is 44.7 Å². The Balaban J connectivity index is 1.75. The summed E-state index contributed by atoms with van der Waals surface area (Å²) < 4.78 is 11.5. The van der Waals surface area contributed by atoms with Crippen molar-refractivity contribution in [2.24, 2.45) is 5.92 Å². The van der Waals surface area contributed by atoms with E-state index in [0.29, 0.717) is 12.1 Å². The number of carbonyl (C=O) groups excluding carboxylic acids is 2. The fourth-order valence-corrected chi connectivity index (χ4v) is 3.75. The zero-order valence-electron chi connectivity index (χ0n) is 18.4. The quantitative estimate of drug-likeness (QED) is 0.628. The molecule has 1 aliphatic rings. The molecular weight excluding hydrogens is 390 g/mol. The normalized spacial score (nSPS) is 21.5. The van der Waals surface area contributed by atoms with E-state index in [1.165, 1.54) is 5.56 Å². The molecule has 31 heavy (non-hydrogen) atoms. The molecule has 2 aromatic rings. The smallest absolute Gasteiger partial charge is 0.411 e. The molecule has 1 amide bonds. The molecule has 1 N–H and O–H groups in total. The lowest BCUT2D eigenvalue weighted by Gasteiger charge is -2.22. The van der Waals surface area contributed by atoms with Crippen molar-refractivity contribution >= 4 is 18.5 Å². The maximum atomic E-state index is 12.5. The van der Waals surface area contributed by atoms with Gasteiger partial charge in [-0.05, 0) is 63.2 Å². The summed E-state index contributed by atoms with van der Waals surface area (Å²) in [5, 5.41) is 2.86. The Labute approximate surface area is 184 Å². The molecule has 5 nitrogen and oxygen atoms in total. The number of carbonyl (C=O) groups is 2. The fraction of sp³-hybridized carbons (Fsp3) is 0.385. The van der Waals surface area contributed by atoms with Crippen molar-refractivity contribution in [2.75, 3.05) is 0 Å². The van der Waals surface area contributed by atoms with Gasteiger partial charge in [-0.3, -0.25) is 5.32 Å². The van der Waals surface area contributed by atoms with E-state index in [9.17, 15) is 9.59 Å². The molecule has 0 unspecified atom stereocenters. The fourth-order valence-electron chi connectivity index (χ4n) is 3.75. The Bertz CT molecular complexity index is 887. The van der Waals surface area contributed by atoms with Crippen molar-refractivity contribution in [3.63, 3.8) is 0 Å². The first-order valence-electron chi connectivity index (χ1n) is 10.8. The van der Waals surface area contributed by atoms with Crippen molar-refractivity contribution in [3.05, 3.63) is 77.5 Å². The number of rotatable bonds is 7. The highest BCUT2D eigenvalue weighted by molar-refractivity contribution is 5.73. The maximum absolute atomic E-state index is 12.5. The third kappa shape index (κ3) is 7.07. The molecule has 0 spiro atoms. The van der Waals surface area contributed by atoms with E-state index in [0.717, 1.165) is 24.7 Å². The summed E-state index contributed by atoms with van der Waals surface area (Å²) in [6, 6.07) is 19.9. The van der Waals surface area contributed by atoms with E-state index in [4.69, 9.17) is 9.47 Å². The summed E-state index contributed by atoms with van der Waals surface area (Å²) in [6.45, 7) is 5.46. The summed E-state index contributed by atoms with van der Waals surface area (Å²) in [4.78, 5) is 24.2. The van der Waals surface area contributed by atoms with Gasteiger partial charge in [-0.2, -0.15) is 0 Å². The van der Waals surface area contributed by atoms with E-state index < -0.39 is 17.8 Å². The van der Waals surface area contributed by atoms with E-state index in [-0.39, 0.29) is 12.0 Å². The van der Waals surface area contributed by atoms with Crippen LogP contribution in [0.3, 0.4) is 0 Å². The van der Waals surface area contributed by atoms with Gasteiger partial charge in [0.25, 0.3) is 0 Å². The second kappa shape index (κ2) is 10.4. The van der Waals surface area contributed by atoms with Crippen LogP contribution >= 0.6 is 0 Å². The Morgan fingerprint density at radius 2 is 1.74 bits per heavy atom. The van der Waals surface area contributed by atoms with Crippen LogP contribution in [0.25, 0.3) is 6.08 Å². The topological polar surface area (TPSA) is 64.6 Å². The van der Waals surface area contributed by atoms with Gasteiger partial charge in [-0.15, -0.1) is 0 Å².